The van der Waals surface area contributed by atoms with E-state index in [9.17, 15) is 4.79 Å². The Balaban J connectivity index is 1.34. The van der Waals surface area contributed by atoms with Crippen molar-refractivity contribution < 1.29 is 13.9 Å². The van der Waals surface area contributed by atoms with E-state index in [0.29, 0.717) is 63.3 Å². The Hall–Kier alpha value is -3.59. The molecule has 2 aliphatic rings. The van der Waals surface area contributed by atoms with Crippen LogP contribution in [0, 0.1) is 6.92 Å². The van der Waals surface area contributed by atoms with Gasteiger partial charge in [-0.05, 0) is 31.1 Å². The summed E-state index contributed by atoms with van der Waals surface area (Å²) in [6.07, 6.45) is 4.53. The topological polar surface area (TPSA) is 97.5 Å². The van der Waals surface area contributed by atoms with E-state index < -0.39 is 0 Å². The summed E-state index contributed by atoms with van der Waals surface area (Å²) in [4.78, 5) is 25.7. The zero-order valence-electron chi connectivity index (χ0n) is 17.9. The molecule has 9 nitrogen and oxygen atoms in total. The van der Waals surface area contributed by atoms with Crippen LogP contribution in [-0.4, -0.2) is 75.4 Å². The third-order valence-electron chi connectivity index (χ3n) is 5.69. The summed E-state index contributed by atoms with van der Waals surface area (Å²) in [6.45, 7) is 5.56. The number of hydrogen-bond acceptors (Lipinski definition) is 7. The first-order valence-electron chi connectivity index (χ1n) is 10.7. The highest BCUT2D eigenvalue weighted by Gasteiger charge is 2.25. The van der Waals surface area contributed by atoms with Gasteiger partial charge < -0.3 is 19.0 Å². The van der Waals surface area contributed by atoms with Crippen molar-refractivity contribution >= 4 is 11.6 Å². The lowest BCUT2D eigenvalue weighted by Crippen LogP contribution is -2.49. The van der Waals surface area contributed by atoms with E-state index in [1.807, 2.05) is 53.1 Å². The van der Waals surface area contributed by atoms with Gasteiger partial charge in [0.25, 0.3) is 5.89 Å². The summed E-state index contributed by atoms with van der Waals surface area (Å²) in [6, 6.07) is 9.69. The van der Waals surface area contributed by atoms with Gasteiger partial charge in [0.1, 0.15) is 5.69 Å². The van der Waals surface area contributed by atoms with Crippen molar-refractivity contribution in [3.8, 4) is 23.0 Å². The average molecular weight is 432 g/mol. The molecule has 2 aliphatic heterocycles. The monoisotopic (exact) mass is 432 g/mol. The van der Waals surface area contributed by atoms with Gasteiger partial charge >= 0.3 is 6.03 Å². The van der Waals surface area contributed by atoms with Crippen LogP contribution < -0.4 is 0 Å². The van der Waals surface area contributed by atoms with E-state index in [-0.39, 0.29) is 6.03 Å². The van der Waals surface area contributed by atoms with Crippen LogP contribution >= 0.6 is 0 Å². The predicted molar refractivity (Wildman–Crippen MR) is 117 cm³/mol. The van der Waals surface area contributed by atoms with Gasteiger partial charge in [0.05, 0.1) is 30.8 Å². The fraction of sp³-hybridized carbons (Fsp3) is 0.348. The number of amides is 2. The van der Waals surface area contributed by atoms with Crippen LogP contribution in [0.25, 0.3) is 28.6 Å². The van der Waals surface area contributed by atoms with Crippen LogP contribution in [0.15, 0.2) is 47.0 Å². The van der Waals surface area contributed by atoms with Gasteiger partial charge in [0.2, 0.25) is 5.89 Å². The molecule has 2 amide bonds. The summed E-state index contributed by atoms with van der Waals surface area (Å²) in [5, 5.41) is 8.35. The van der Waals surface area contributed by atoms with Crippen molar-refractivity contribution in [2.24, 2.45) is 0 Å². The maximum atomic E-state index is 12.7. The van der Waals surface area contributed by atoms with Crippen LogP contribution in [0.2, 0.25) is 0 Å². The molecule has 9 heteroatoms. The number of urea groups is 1. The van der Waals surface area contributed by atoms with Gasteiger partial charge in [-0.25, -0.2) is 9.78 Å². The summed E-state index contributed by atoms with van der Waals surface area (Å²) >= 11 is 0. The molecule has 0 N–H and O–H groups in total. The molecule has 0 spiro atoms. The summed E-state index contributed by atoms with van der Waals surface area (Å²) < 4.78 is 11.2. The van der Waals surface area contributed by atoms with Gasteiger partial charge in [-0.1, -0.05) is 24.3 Å². The molecule has 3 aromatic rings. The fourth-order valence-corrected chi connectivity index (χ4v) is 3.85. The molecule has 5 rings (SSSR count). The standard InChI is InChI=1S/C23H24N6O3/c1-16-20(22-27-26-21(32-22)18-5-3-2-4-6-18)25-19(15-24-16)17-7-9-28(10-8-17)23(30)29-11-13-31-14-12-29/h2-7,15H,8-14H2,1H3. The number of rotatable bonds is 3. The molecule has 4 heterocycles. The molecule has 1 aromatic carbocycles. The summed E-state index contributed by atoms with van der Waals surface area (Å²) in [7, 11) is 0. The maximum Gasteiger partial charge on any atom is 0.320 e. The highest BCUT2D eigenvalue weighted by atomic mass is 16.5. The minimum absolute atomic E-state index is 0.0681. The largest absolute Gasteiger partial charge is 0.415 e. The zero-order valence-corrected chi connectivity index (χ0v) is 17.9. The molecule has 164 valence electrons. The molecule has 0 atom stereocenters. The van der Waals surface area contributed by atoms with Crippen molar-refractivity contribution in [3.63, 3.8) is 0 Å². The number of carbonyl (C=O) groups excluding carboxylic acids is 1. The Morgan fingerprint density at radius 1 is 1.00 bits per heavy atom. The van der Waals surface area contributed by atoms with Crippen LogP contribution in [0.4, 0.5) is 4.79 Å². The van der Waals surface area contributed by atoms with Crippen LogP contribution in [-0.2, 0) is 4.74 Å². The van der Waals surface area contributed by atoms with E-state index in [1.165, 1.54) is 0 Å². The first-order valence-corrected chi connectivity index (χ1v) is 10.7. The molecule has 2 aromatic heterocycles. The van der Waals surface area contributed by atoms with Crippen LogP contribution in [0.3, 0.4) is 0 Å². The normalized spacial score (nSPS) is 16.7. The summed E-state index contributed by atoms with van der Waals surface area (Å²) in [5.74, 6) is 0.789. The Bertz CT molecular complexity index is 1140. The minimum Gasteiger partial charge on any atom is -0.415 e. The zero-order chi connectivity index (χ0) is 21.9. The maximum absolute atomic E-state index is 12.7. The van der Waals surface area contributed by atoms with Gasteiger partial charge in [-0.3, -0.25) is 4.98 Å². The van der Waals surface area contributed by atoms with Crippen molar-refractivity contribution in [2.45, 2.75) is 13.3 Å². The van der Waals surface area contributed by atoms with E-state index in [4.69, 9.17) is 14.1 Å². The number of aryl methyl sites for hydroxylation is 1. The SMILES string of the molecule is Cc1ncc(C2=CCN(C(=O)N3CCOCC3)CC2)nc1-c1nnc(-c2ccccc2)o1. The third-order valence-corrected chi connectivity index (χ3v) is 5.69. The number of ether oxygens (including phenoxy) is 1. The molecule has 0 bridgehead atoms. The Morgan fingerprint density at radius 2 is 1.78 bits per heavy atom. The molecule has 0 aliphatic carbocycles. The highest BCUT2D eigenvalue weighted by molar-refractivity contribution is 5.76. The highest BCUT2D eigenvalue weighted by Crippen LogP contribution is 2.27. The van der Waals surface area contributed by atoms with Crippen molar-refractivity contribution in [3.05, 3.63) is 54.0 Å². The number of hydrogen-bond donors (Lipinski definition) is 0. The lowest BCUT2D eigenvalue weighted by molar-refractivity contribution is 0.0441. The van der Waals surface area contributed by atoms with E-state index in [1.54, 1.807) is 6.20 Å². The van der Waals surface area contributed by atoms with Crippen molar-refractivity contribution in [1.82, 2.24) is 30.0 Å². The number of nitrogens with zero attached hydrogens (tertiary/aromatic N) is 6. The molecule has 1 fully saturated rings. The van der Waals surface area contributed by atoms with Crippen molar-refractivity contribution in [2.75, 3.05) is 39.4 Å². The second-order valence-electron chi connectivity index (χ2n) is 7.78. The van der Waals surface area contributed by atoms with Gasteiger partial charge in [0.15, 0.2) is 0 Å². The molecular weight excluding hydrogens is 408 g/mol. The summed E-state index contributed by atoms with van der Waals surface area (Å²) in [5.41, 5.74) is 3.98. The molecule has 0 unspecified atom stereocenters. The van der Waals surface area contributed by atoms with E-state index >= 15 is 0 Å². The Morgan fingerprint density at radius 3 is 2.53 bits per heavy atom. The number of morpholine rings is 1. The second-order valence-corrected chi connectivity index (χ2v) is 7.78. The molecule has 0 radical (unpaired) electrons. The van der Waals surface area contributed by atoms with Gasteiger partial charge in [-0.2, -0.15) is 0 Å². The average Bonchev–Trinajstić information content (AvgIpc) is 3.35. The predicted octanol–water partition coefficient (Wildman–Crippen LogP) is 3.04. The number of aromatic nitrogens is 4. The van der Waals surface area contributed by atoms with Crippen molar-refractivity contribution in [1.29, 1.82) is 0 Å². The quantitative estimate of drug-likeness (QED) is 0.627. The minimum atomic E-state index is 0.0681. The first-order chi connectivity index (χ1) is 15.7. The van der Waals surface area contributed by atoms with Gasteiger partial charge in [-0.15, -0.1) is 10.2 Å². The van der Waals surface area contributed by atoms with Crippen LogP contribution in [0.5, 0.6) is 0 Å². The van der Waals surface area contributed by atoms with E-state index in [2.05, 4.69) is 15.2 Å². The molecular formula is C23H24N6O3. The van der Waals surface area contributed by atoms with E-state index in [0.717, 1.165) is 22.5 Å². The third kappa shape index (κ3) is 4.11. The lowest BCUT2D eigenvalue weighted by Gasteiger charge is -2.34. The molecule has 1 saturated heterocycles. The number of carbonyl (C=O) groups is 1. The fourth-order valence-electron chi connectivity index (χ4n) is 3.85. The number of benzene rings is 1. The first kappa shape index (κ1) is 20.3. The van der Waals surface area contributed by atoms with Crippen LogP contribution in [0.1, 0.15) is 17.8 Å². The second kappa shape index (κ2) is 8.88. The lowest BCUT2D eigenvalue weighted by atomic mass is 10.0. The molecule has 0 saturated carbocycles. The van der Waals surface area contributed by atoms with Gasteiger partial charge in [0, 0.05) is 31.7 Å². The smallest absolute Gasteiger partial charge is 0.320 e. The molecule has 32 heavy (non-hydrogen) atoms. The Labute approximate surface area is 185 Å². The Kier molecular flexibility index (Phi) is 5.64.